The molecule has 0 aromatic heterocycles. The van der Waals surface area contributed by atoms with Crippen LogP contribution in [-0.4, -0.2) is 24.1 Å². The number of methoxy groups -OCH3 is 1. The number of rotatable bonds is 4. The molecule has 0 bridgehead atoms. The lowest BCUT2D eigenvalue weighted by Crippen LogP contribution is -2.34. The fourth-order valence-electron chi connectivity index (χ4n) is 4.87. The standard InChI is InChI=1S/C28H24N2O2S/c1-31-26-12-6-11-23-25-17-24(19-13-15-20(33-2)16-14-19)29-30(25)28(32-27(23)26)22-10-5-8-18-7-3-4-9-21(18)22/h3-16,25,28H,17H2,1-2H3. The van der Waals surface area contributed by atoms with E-state index in [1.54, 1.807) is 18.9 Å². The third-order valence-electron chi connectivity index (χ3n) is 6.51. The maximum atomic E-state index is 6.67. The largest absolute Gasteiger partial charge is 0.493 e. The minimum atomic E-state index is -0.340. The van der Waals surface area contributed by atoms with Crippen LogP contribution in [-0.2, 0) is 0 Å². The van der Waals surface area contributed by atoms with Gasteiger partial charge in [0.25, 0.3) is 0 Å². The van der Waals surface area contributed by atoms with E-state index in [-0.39, 0.29) is 12.3 Å². The first-order valence-electron chi connectivity index (χ1n) is 11.1. The third-order valence-corrected chi connectivity index (χ3v) is 7.26. The van der Waals surface area contributed by atoms with Crippen molar-refractivity contribution in [3.63, 3.8) is 0 Å². The number of ether oxygens (including phenoxy) is 2. The Morgan fingerprint density at radius 2 is 1.67 bits per heavy atom. The van der Waals surface area contributed by atoms with Crippen LogP contribution in [0.1, 0.15) is 35.4 Å². The van der Waals surface area contributed by atoms with Crippen molar-refractivity contribution in [1.29, 1.82) is 0 Å². The number of hydrogen-bond acceptors (Lipinski definition) is 5. The highest BCUT2D eigenvalue weighted by molar-refractivity contribution is 7.98. The Morgan fingerprint density at radius 3 is 2.48 bits per heavy atom. The summed E-state index contributed by atoms with van der Waals surface area (Å²) >= 11 is 1.75. The molecule has 0 aliphatic carbocycles. The van der Waals surface area contributed by atoms with Crippen LogP contribution in [0.3, 0.4) is 0 Å². The number of para-hydroxylation sites is 1. The zero-order valence-electron chi connectivity index (χ0n) is 18.6. The Kier molecular flexibility index (Phi) is 4.99. The lowest BCUT2D eigenvalue weighted by Gasteiger charge is -2.39. The van der Waals surface area contributed by atoms with Gasteiger partial charge in [0.15, 0.2) is 11.5 Å². The number of hydrazone groups is 1. The molecule has 0 N–H and O–H groups in total. The zero-order chi connectivity index (χ0) is 22.4. The molecular formula is C28H24N2O2S. The van der Waals surface area contributed by atoms with Crippen molar-refractivity contribution in [3.05, 3.63) is 102 Å². The number of nitrogens with zero attached hydrogens (tertiary/aromatic N) is 2. The summed E-state index contributed by atoms with van der Waals surface area (Å²) in [6, 6.07) is 29.7. The second kappa shape index (κ2) is 8.16. The van der Waals surface area contributed by atoms with E-state index in [1.807, 2.05) is 12.1 Å². The Hall–Kier alpha value is -3.44. The van der Waals surface area contributed by atoms with E-state index in [2.05, 4.69) is 84.1 Å². The monoisotopic (exact) mass is 452 g/mol. The molecule has 0 spiro atoms. The van der Waals surface area contributed by atoms with E-state index in [0.29, 0.717) is 0 Å². The predicted octanol–water partition coefficient (Wildman–Crippen LogP) is 6.81. The minimum absolute atomic E-state index is 0.0862. The van der Waals surface area contributed by atoms with E-state index < -0.39 is 0 Å². The normalized spacial score (nSPS) is 19.0. The summed E-state index contributed by atoms with van der Waals surface area (Å²) in [4.78, 5) is 1.25. The van der Waals surface area contributed by atoms with Crippen molar-refractivity contribution >= 4 is 28.2 Å². The molecule has 2 aliphatic rings. The maximum absolute atomic E-state index is 6.67. The molecule has 4 nitrogen and oxygen atoms in total. The van der Waals surface area contributed by atoms with Crippen molar-refractivity contribution in [2.45, 2.75) is 23.6 Å². The van der Waals surface area contributed by atoms with E-state index in [0.717, 1.165) is 40.3 Å². The van der Waals surface area contributed by atoms with Gasteiger partial charge in [-0.3, -0.25) is 0 Å². The van der Waals surface area contributed by atoms with Crippen molar-refractivity contribution in [2.75, 3.05) is 13.4 Å². The van der Waals surface area contributed by atoms with Gasteiger partial charge in [-0.15, -0.1) is 11.8 Å². The maximum Gasteiger partial charge on any atom is 0.214 e. The Balaban J connectivity index is 1.50. The number of hydrogen-bond donors (Lipinski definition) is 0. The molecule has 0 fully saturated rings. The Labute approximate surface area is 197 Å². The molecule has 5 heteroatoms. The molecule has 4 aromatic rings. The molecule has 164 valence electrons. The van der Waals surface area contributed by atoms with Crippen LogP contribution in [0.4, 0.5) is 0 Å². The molecule has 4 aromatic carbocycles. The van der Waals surface area contributed by atoms with Crippen LogP contribution < -0.4 is 9.47 Å². The minimum Gasteiger partial charge on any atom is -0.493 e. The first kappa shape index (κ1) is 20.2. The summed E-state index contributed by atoms with van der Waals surface area (Å²) in [5.41, 5.74) is 4.46. The Bertz CT molecular complexity index is 1360. The molecule has 33 heavy (non-hydrogen) atoms. The van der Waals surface area contributed by atoms with E-state index in [1.165, 1.54) is 15.7 Å². The molecule has 2 unspecified atom stereocenters. The van der Waals surface area contributed by atoms with Crippen LogP contribution in [0, 0.1) is 0 Å². The van der Waals surface area contributed by atoms with Crippen molar-refractivity contribution in [2.24, 2.45) is 5.10 Å². The topological polar surface area (TPSA) is 34.1 Å². The van der Waals surface area contributed by atoms with Crippen LogP contribution in [0.2, 0.25) is 0 Å². The smallest absolute Gasteiger partial charge is 0.214 e. The second-order valence-electron chi connectivity index (χ2n) is 8.29. The quantitative estimate of drug-likeness (QED) is 0.319. The van der Waals surface area contributed by atoms with Crippen molar-refractivity contribution in [1.82, 2.24) is 5.01 Å². The summed E-state index contributed by atoms with van der Waals surface area (Å²) in [7, 11) is 1.70. The van der Waals surface area contributed by atoms with Gasteiger partial charge >= 0.3 is 0 Å². The predicted molar refractivity (Wildman–Crippen MR) is 134 cm³/mol. The number of thioether (sulfide) groups is 1. The summed E-state index contributed by atoms with van der Waals surface area (Å²) in [6.45, 7) is 0. The molecule has 0 saturated carbocycles. The van der Waals surface area contributed by atoms with Gasteiger partial charge in [0.1, 0.15) is 0 Å². The van der Waals surface area contributed by atoms with E-state index in [9.17, 15) is 0 Å². The lowest BCUT2D eigenvalue weighted by molar-refractivity contribution is -0.0199. The van der Waals surface area contributed by atoms with Gasteiger partial charge in [0.2, 0.25) is 6.23 Å². The molecule has 6 rings (SSSR count). The Morgan fingerprint density at radius 1 is 0.909 bits per heavy atom. The van der Waals surface area contributed by atoms with E-state index >= 15 is 0 Å². The zero-order valence-corrected chi connectivity index (χ0v) is 19.4. The molecule has 0 radical (unpaired) electrons. The number of fused-ring (bicyclic) bond motifs is 4. The first-order chi connectivity index (χ1) is 16.3. The molecule has 2 heterocycles. The van der Waals surface area contributed by atoms with Gasteiger partial charge in [-0.2, -0.15) is 5.10 Å². The highest BCUT2D eigenvalue weighted by atomic mass is 32.2. The second-order valence-corrected chi connectivity index (χ2v) is 9.17. The fraction of sp³-hybridized carbons (Fsp3) is 0.179. The van der Waals surface area contributed by atoms with Gasteiger partial charge in [-0.05, 0) is 40.8 Å². The first-order valence-corrected chi connectivity index (χ1v) is 12.3. The molecule has 0 saturated heterocycles. The van der Waals surface area contributed by atoms with Gasteiger partial charge in [-0.1, -0.05) is 66.7 Å². The van der Waals surface area contributed by atoms with Gasteiger partial charge in [-0.25, -0.2) is 5.01 Å². The summed E-state index contributed by atoms with van der Waals surface area (Å²) < 4.78 is 12.4. The lowest BCUT2D eigenvalue weighted by atomic mass is 9.94. The SMILES string of the molecule is COc1cccc2c1OC(c1cccc3ccccc13)N1N=C(c3ccc(SC)cc3)CC21. The van der Waals surface area contributed by atoms with Crippen LogP contribution in [0.15, 0.2) is 94.9 Å². The summed E-state index contributed by atoms with van der Waals surface area (Å²) in [5, 5.41) is 9.64. The molecule has 2 aliphatic heterocycles. The van der Waals surface area contributed by atoms with Gasteiger partial charge in [0.05, 0.1) is 18.9 Å². The molecule has 0 amide bonds. The van der Waals surface area contributed by atoms with Gasteiger partial charge in [0, 0.05) is 22.4 Å². The summed E-state index contributed by atoms with van der Waals surface area (Å²) in [6.07, 6.45) is 2.58. The van der Waals surface area contributed by atoms with Crippen LogP contribution in [0.5, 0.6) is 11.5 Å². The van der Waals surface area contributed by atoms with Crippen molar-refractivity contribution < 1.29 is 9.47 Å². The van der Waals surface area contributed by atoms with Gasteiger partial charge < -0.3 is 9.47 Å². The third kappa shape index (κ3) is 3.35. The summed E-state index contributed by atoms with van der Waals surface area (Å²) in [5.74, 6) is 1.57. The highest BCUT2D eigenvalue weighted by Gasteiger charge is 2.42. The van der Waals surface area contributed by atoms with Crippen LogP contribution in [0.25, 0.3) is 10.8 Å². The van der Waals surface area contributed by atoms with E-state index in [4.69, 9.17) is 14.6 Å². The van der Waals surface area contributed by atoms with Crippen LogP contribution >= 0.6 is 11.8 Å². The van der Waals surface area contributed by atoms with Crippen molar-refractivity contribution in [3.8, 4) is 11.5 Å². The fourth-order valence-corrected chi connectivity index (χ4v) is 5.28. The average molecular weight is 453 g/mol. The average Bonchev–Trinajstić information content (AvgIpc) is 3.33. The number of benzene rings is 4. The highest BCUT2D eigenvalue weighted by Crippen LogP contribution is 2.51. The molecule has 2 atom stereocenters. The molecular weight excluding hydrogens is 428 g/mol.